The number of nitrogens with two attached hydrogens (primary N) is 1. The molecule has 0 unspecified atom stereocenters. The highest BCUT2D eigenvalue weighted by Crippen LogP contribution is 2.32. The lowest BCUT2D eigenvalue weighted by molar-refractivity contribution is 0.392. The van der Waals surface area contributed by atoms with E-state index in [1.807, 2.05) is 6.07 Å². The molecule has 1 aliphatic heterocycles. The number of hydrogen-bond acceptors (Lipinski definition) is 5. The second-order valence-electron chi connectivity index (χ2n) is 4.90. The molecular weight excluding hydrogens is 278 g/mol. The molecular formula is C13H15N3O3S. The number of fused-ring (bicyclic) bond motifs is 1. The maximum atomic E-state index is 12.5. The van der Waals surface area contributed by atoms with E-state index < -0.39 is 10.0 Å². The largest absolute Gasteiger partial charge is 0.399 e. The van der Waals surface area contributed by atoms with Crippen LogP contribution in [0.5, 0.6) is 0 Å². The van der Waals surface area contributed by atoms with Crippen LogP contribution in [-0.4, -0.2) is 20.1 Å². The van der Waals surface area contributed by atoms with Gasteiger partial charge in [0.25, 0.3) is 0 Å². The lowest BCUT2D eigenvalue weighted by Crippen LogP contribution is -2.30. The molecule has 2 N–H and O–H groups in total. The first-order chi connectivity index (χ1) is 9.45. The van der Waals surface area contributed by atoms with Crippen LogP contribution in [-0.2, 0) is 22.2 Å². The Labute approximate surface area is 117 Å². The number of rotatable bonds is 3. The van der Waals surface area contributed by atoms with E-state index >= 15 is 0 Å². The summed E-state index contributed by atoms with van der Waals surface area (Å²) in [5, 5.41) is 3.74. The van der Waals surface area contributed by atoms with Crippen molar-refractivity contribution in [1.82, 2.24) is 5.16 Å². The van der Waals surface area contributed by atoms with Gasteiger partial charge < -0.3 is 10.3 Å². The van der Waals surface area contributed by atoms with Crippen molar-refractivity contribution in [3.8, 4) is 0 Å². The average molecular weight is 293 g/mol. The normalized spacial score (nSPS) is 14.6. The Bertz CT molecular complexity index is 752. The summed E-state index contributed by atoms with van der Waals surface area (Å²) >= 11 is 0. The topological polar surface area (TPSA) is 89.4 Å². The van der Waals surface area contributed by atoms with Gasteiger partial charge in [-0.3, -0.25) is 4.31 Å². The van der Waals surface area contributed by atoms with Crippen LogP contribution in [0.25, 0.3) is 0 Å². The fourth-order valence-electron chi connectivity index (χ4n) is 2.41. The number of benzene rings is 1. The molecule has 0 fully saturated rings. The minimum absolute atomic E-state index is 0.168. The Balaban J connectivity index is 1.92. The van der Waals surface area contributed by atoms with Crippen molar-refractivity contribution in [1.29, 1.82) is 0 Å². The fraction of sp³-hybridized carbons (Fsp3) is 0.308. The third-order valence-electron chi connectivity index (χ3n) is 3.31. The zero-order valence-corrected chi connectivity index (χ0v) is 11.9. The van der Waals surface area contributed by atoms with Gasteiger partial charge >= 0.3 is 0 Å². The molecule has 6 nitrogen and oxygen atoms in total. The second-order valence-corrected chi connectivity index (χ2v) is 6.79. The van der Waals surface area contributed by atoms with Crippen LogP contribution in [0.4, 0.5) is 11.4 Å². The molecule has 0 radical (unpaired) electrons. The van der Waals surface area contributed by atoms with E-state index in [2.05, 4.69) is 5.16 Å². The Morgan fingerprint density at radius 3 is 2.90 bits per heavy atom. The van der Waals surface area contributed by atoms with E-state index in [9.17, 15) is 8.42 Å². The summed E-state index contributed by atoms with van der Waals surface area (Å²) in [6.45, 7) is 2.17. The van der Waals surface area contributed by atoms with Crippen LogP contribution in [0, 0.1) is 6.92 Å². The molecule has 0 amide bonds. The molecule has 20 heavy (non-hydrogen) atoms. The quantitative estimate of drug-likeness (QED) is 0.865. The zero-order valence-electron chi connectivity index (χ0n) is 11.0. The molecule has 0 bridgehead atoms. The van der Waals surface area contributed by atoms with Crippen molar-refractivity contribution < 1.29 is 12.9 Å². The van der Waals surface area contributed by atoms with Crippen molar-refractivity contribution in [2.45, 2.75) is 19.1 Å². The zero-order chi connectivity index (χ0) is 14.3. The molecule has 1 aromatic heterocycles. The summed E-state index contributed by atoms with van der Waals surface area (Å²) in [6, 6.07) is 7.00. The van der Waals surface area contributed by atoms with E-state index in [1.165, 1.54) is 4.31 Å². The van der Waals surface area contributed by atoms with Gasteiger partial charge in [0.1, 0.15) is 17.2 Å². The number of nitrogens with zero attached hydrogens (tertiary/aromatic N) is 2. The van der Waals surface area contributed by atoms with Gasteiger partial charge in [-0.2, -0.15) is 0 Å². The van der Waals surface area contributed by atoms with Crippen molar-refractivity contribution in [3.63, 3.8) is 0 Å². The second kappa shape index (κ2) is 4.52. The van der Waals surface area contributed by atoms with Gasteiger partial charge in [0, 0.05) is 18.3 Å². The predicted octanol–water partition coefficient (Wildman–Crippen LogP) is 1.46. The summed E-state index contributed by atoms with van der Waals surface area (Å²) in [5.41, 5.74) is 8.39. The highest BCUT2D eigenvalue weighted by Gasteiger charge is 2.30. The first-order valence-corrected chi connectivity index (χ1v) is 7.88. The van der Waals surface area contributed by atoms with E-state index in [0.717, 1.165) is 5.56 Å². The van der Waals surface area contributed by atoms with Crippen LogP contribution in [0.15, 0.2) is 28.8 Å². The van der Waals surface area contributed by atoms with Crippen molar-refractivity contribution in [2.24, 2.45) is 0 Å². The average Bonchev–Trinajstić information content (AvgIpc) is 2.95. The highest BCUT2D eigenvalue weighted by atomic mass is 32.2. The van der Waals surface area contributed by atoms with Crippen LogP contribution < -0.4 is 10.0 Å². The SMILES string of the molecule is Cc1cc(CS(=O)(=O)N2CCc3ccc(N)cc32)no1. The first-order valence-electron chi connectivity index (χ1n) is 6.27. The smallest absolute Gasteiger partial charge is 0.241 e. The first kappa shape index (κ1) is 13.0. The maximum Gasteiger partial charge on any atom is 0.241 e. The number of sulfonamides is 1. The summed E-state index contributed by atoms with van der Waals surface area (Å²) in [5.74, 6) is 0.430. The molecule has 0 atom stereocenters. The Hall–Kier alpha value is -2.02. The molecule has 1 aromatic carbocycles. The standard InChI is InChI=1S/C13H15N3O3S/c1-9-6-12(15-19-9)8-20(17,18)16-5-4-10-2-3-11(14)7-13(10)16/h2-3,6-7H,4-5,8,14H2,1H3. The van der Waals surface area contributed by atoms with Crippen LogP contribution in [0.3, 0.4) is 0 Å². The van der Waals surface area contributed by atoms with E-state index in [1.54, 1.807) is 25.1 Å². The molecule has 106 valence electrons. The van der Waals surface area contributed by atoms with Gasteiger partial charge in [0.15, 0.2) is 0 Å². The molecule has 3 rings (SSSR count). The fourth-order valence-corrected chi connectivity index (χ4v) is 3.91. The van der Waals surface area contributed by atoms with Gasteiger partial charge in [-0.25, -0.2) is 8.42 Å². The van der Waals surface area contributed by atoms with Crippen LogP contribution >= 0.6 is 0 Å². The number of hydrogen-bond donors (Lipinski definition) is 1. The van der Waals surface area contributed by atoms with Crippen molar-refractivity contribution >= 4 is 21.4 Å². The van der Waals surface area contributed by atoms with Gasteiger partial charge in [-0.05, 0) is 31.0 Å². The van der Waals surface area contributed by atoms with Gasteiger partial charge in [-0.15, -0.1) is 0 Å². The van der Waals surface area contributed by atoms with Gasteiger partial charge in [0.05, 0.1) is 5.69 Å². The summed E-state index contributed by atoms with van der Waals surface area (Å²) in [7, 11) is -3.47. The minimum Gasteiger partial charge on any atom is -0.399 e. The number of aromatic nitrogens is 1. The molecule has 7 heteroatoms. The Morgan fingerprint density at radius 2 is 2.20 bits per heavy atom. The Morgan fingerprint density at radius 1 is 1.40 bits per heavy atom. The molecule has 2 heterocycles. The highest BCUT2D eigenvalue weighted by molar-refractivity contribution is 7.92. The van der Waals surface area contributed by atoms with E-state index in [0.29, 0.717) is 35.8 Å². The number of aryl methyl sites for hydroxylation is 1. The molecule has 0 spiro atoms. The van der Waals surface area contributed by atoms with Gasteiger partial charge in [0.2, 0.25) is 10.0 Å². The third kappa shape index (κ3) is 2.24. The van der Waals surface area contributed by atoms with E-state index in [-0.39, 0.29) is 5.75 Å². The molecule has 0 saturated heterocycles. The third-order valence-corrected chi connectivity index (χ3v) is 5.02. The molecule has 0 saturated carbocycles. The lowest BCUT2D eigenvalue weighted by Gasteiger charge is -2.19. The van der Waals surface area contributed by atoms with Crippen LogP contribution in [0.1, 0.15) is 17.0 Å². The Kier molecular flexibility index (Phi) is 2.93. The number of nitrogen functional groups attached to an aromatic ring is 1. The van der Waals surface area contributed by atoms with E-state index in [4.69, 9.17) is 10.3 Å². The van der Waals surface area contributed by atoms with Gasteiger partial charge in [-0.1, -0.05) is 11.2 Å². The molecule has 0 aliphatic carbocycles. The number of anilines is 2. The minimum atomic E-state index is -3.47. The predicted molar refractivity (Wildman–Crippen MR) is 75.8 cm³/mol. The lowest BCUT2D eigenvalue weighted by atomic mass is 10.1. The van der Waals surface area contributed by atoms with Crippen LogP contribution in [0.2, 0.25) is 0 Å². The molecule has 2 aromatic rings. The summed E-state index contributed by atoms with van der Waals surface area (Å²) in [6.07, 6.45) is 0.701. The summed E-state index contributed by atoms with van der Waals surface area (Å²) in [4.78, 5) is 0. The monoisotopic (exact) mass is 293 g/mol. The maximum absolute atomic E-state index is 12.5. The van der Waals surface area contributed by atoms with Crippen molar-refractivity contribution in [3.05, 3.63) is 41.3 Å². The molecule has 1 aliphatic rings. The van der Waals surface area contributed by atoms with Crippen molar-refractivity contribution in [2.75, 3.05) is 16.6 Å². The summed E-state index contributed by atoms with van der Waals surface area (Å²) < 4.78 is 31.3.